The molecule has 0 saturated heterocycles. The van der Waals surface area contributed by atoms with E-state index in [0.717, 1.165) is 4.88 Å². The van der Waals surface area contributed by atoms with Crippen LogP contribution in [0.3, 0.4) is 0 Å². The van der Waals surface area contributed by atoms with E-state index in [-0.39, 0.29) is 0 Å². The lowest BCUT2D eigenvalue weighted by Crippen LogP contribution is -2.25. The van der Waals surface area contributed by atoms with Crippen molar-refractivity contribution in [2.45, 2.75) is 17.9 Å². The van der Waals surface area contributed by atoms with Gasteiger partial charge in [-0.2, -0.15) is 0 Å². The molecule has 116 valence electrons. The van der Waals surface area contributed by atoms with Crippen LogP contribution in [-0.2, 0) is 26.0 Å². The zero-order chi connectivity index (χ0) is 14.8. The molecule has 0 unspecified atom stereocenters. The van der Waals surface area contributed by atoms with Crippen molar-refractivity contribution in [1.29, 1.82) is 0 Å². The molecular weight excluding hydrogens is 300 g/mol. The topological polar surface area (TPSA) is 76.7 Å². The van der Waals surface area contributed by atoms with Crippen LogP contribution in [0.25, 0.3) is 0 Å². The van der Waals surface area contributed by atoms with Gasteiger partial charge in [-0.1, -0.05) is 0 Å². The number of hydrogen-bond donors (Lipinski definition) is 2. The van der Waals surface area contributed by atoms with Crippen LogP contribution in [0.15, 0.2) is 16.3 Å². The van der Waals surface area contributed by atoms with Crippen molar-refractivity contribution in [2.24, 2.45) is 0 Å². The average Bonchev–Trinajstić information content (AvgIpc) is 2.88. The molecule has 20 heavy (non-hydrogen) atoms. The van der Waals surface area contributed by atoms with Gasteiger partial charge in [0.05, 0.1) is 18.1 Å². The van der Waals surface area contributed by atoms with E-state index in [1.807, 2.05) is 7.05 Å². The van der Waals surface area contributed by atoms with E-state index >= 15 is 0 Å². The highest BCUT2D eigenvalue weighted by Gasteiger charge is 2.15. The van der Waals surface area contributed by atoms with Crippen molar-refractivity contribution in [3.63, 3.8) is 0 Å². The number of ether oxygens (including phenoxy) is 2. The first-order valence-corrected chi connectivity index (χ1v) is 8.75. The second kappa shape index (κ2) is 9.43. The average molecular weight is 322 g/mol. The fourth-order valence-electron chi connectivity index (χ4n) is 1.48. The Morgan fingerprint density at radius 2 is 2.10 bits per heavy atom. The summed E-state index contributed by atoms with van der Waals surface area (Å²) in [5, 5.41) is 4.65. The Balaban J connectivity index is 2.30. The quantitative estimate of drug-likeness (QED) is 0.589. The van der Waals surface area contributed by atoms with Gasteiger partial charge in [-0.15, -0.1) is 11.3 Å². The van der Waals surface area contributed by atoms with E-state index in [0.29, 0.717) is 44.2 Å². The van der Waals surface area contributed by atoms with E-state index in [9.17, 15) is 8.42 Å². The third-order valence-electron chi connectivity index (χ3n) is 2.48. The fourth-order valence-corrected chi connectivity index (χ4v) is 3.84. The van der Waals surface area contributed by atoms with E-state index in [1.54, 1.807) is 18.6 Å². The first-order chi connectivity index (χ1) is 9.60. The molecule has 0 amide bonds. The molecule has 0 aliphatic carbocycles. The summed E-state index contributed by atoms with van der Waals surface area (Å²) in [6, 6.07) is 1.69. The van der Waals surface area contributed by atoms with E-state index in [4.69, 9.17) is 9.47 Å². The fraction of sp³-hybridized carbons (Fsp3) is 0.667. The second-order valence-corrected chi connectivity index (χ2v) is 6.90. The molecule has 0 radical (unpaired) electrons. The third-order valence-corrected chi connectivity index (χ3v) is 5.01. The number of sulfonamides is 1. The summed E-state index contributed by atoms with van der Waals surface area (Å²) in [5.41, 5.74) is 0. The molecule has 1 heterocycles. The first-order valence-electron chi connectivity index (χ1n) is 6.38. The third kappa shape index (κ3) is 6.29. The molecule has 0 atom stereocenters. The molecule has 0 fully saturated rings. The predicted molar refractivity (Wildman–Crippen MR) is 79.6 cm³/mol. The summed E-state index contributed by atoms with van der Waals surface area (Å²) in [4.78, 5) is 1.32. The second-order valence-electron chi connectivity index (χ2n) is 4.14. The highest BCUT2D eigenvalue weighted by molar-refractivity contribution is 7.89. The van der Waals surface area contributed by atoms with Crippen LogP contribution in [0.5, 0.6) is 0 Å². The molecule has 0 aliphatic heterocycles. The molecule has 2 N–H and O–H groups in total. The van der Waals surface area contributed by atoms with Gasteiger partial charge >= 0.3 is 0 Å². The maximum Gasteiger partial charge on any atom is 0.241 e. The van der Waals surface area contributed by atoms with Gasteiger partial charge < -0.3 is 14.8 Å². The molecule has 0 aromatic carbocycles. The number of hydrogen-bond acceptors (Lipinski definition) is 6. The van der Waals surface area contributed by atoms with Gasteiger partial charge in [0.2, 0.25) is 10.0 Å². The number of rotatable bonds is 11. The molecule has 0 aliphatic rings. The monoisotopic (exact) mass is 322 g/mol. The Kier molecular flexibility index (Phi) is 8.27. The van der Waals surface area contributed by atoms with Gasteiger partial charge in [-0.25, -0.2) is 13.1 Å². The Hall–Kier alpha value is -0.510. The van der Waals surface area contributed by atoms with Crippen LogP contribution in [0.1, 0.15) is 11.3 Å². The minimum atomic E-state index is -3.40. The minimum Gasteiger partial charge on any atom is -0.382 e. The van der Waals surface area contributed by atoms with Crippen molar-refractivity contribution in [1.82, 2.24) is 10.0 Å². The normalized spacial score (nSPS) is 11.9. The lowest BCUT2D eigenvalue weighted by Gasteiger charge is -2.05. The lowest BCUT2D eigenvalue weighted by molar-refractivity contribution is 0.0699. The van der Waals surface area contributed by atoms with Gasteiger partial charge in [0.25, 0.3) is 0 Å². The van der Waals surface area contributed by atoms with Gasteiger partial charge in [-0.3, -0.25) is 0 Å². The molecule has 8 heteroatoms. The van der Waals surface area contributed by atoms with Crippen LogP contribution < -0.4 is 10.0 Å². The van der Waals surface area contributed by atoms with Crippen LogP contribution in [-0.4, -0.2) is 48.9 Å². The molecule has 1 aromatic heterocycles. The summed E-state index contributed by atoms with van der Waals surface area (Å²) in [5.74, 6) is 0. The van der Waals surface area contributed by atoms with Crippen molar-refractivity contribution < 1.29 is 17.9 Å². The van der Waals surface area contributed by atoms with Crippen LogP contribution in [0, 0.1) is 0 Å². The number of methoxy groups -OCH3 is 1. The Morgan fingerprint density at radius 1 is 1.30 bits per heavy atom. The maximum atomic E-state index is 12.0. The minimum absolute atomic E-state index is 0.327. The maximum absolute atomic E-state index is 12.0. The molecular formula is C12H22N2O4S2. The van der Waals surface area contributed by atoms with Crippen LogP contribution >= 0.6 is 11.3 Å². The van der Waals surface area contributed by atoms with Crippen molar-refractivity contribution in [3.05, 3.63) is 16.3 Å². The molecule has 1 aromatic rings. The lowest BCUT2D eigenvalue weighted by atomic mass is 10.5. The Bertz CT molecular complexity index is 474. The largest absolute Gasteiger partial charge is 0.382 e. The SMILES string of the molecule is CNCc1cc(S(=O)(=O)NCCCOCCOC)cs1. The summed E-state index contributed by atoms with van der Waals surface area (Å²) in [6.07, 6.45) is 0.635. The molecule has 0 saturated carbocycles. The zero-order valence-electron chi connectivity index (χ0n) is 11.8. The highest BCUT2D eigenvalue weighted by atomic mass is 32.2. The van der Waals surface area contributed by atoms with Gasteiger partial charge in [0.1, 0.15) is 0 Å². The van der Waals surface area contributed by atoms with Gasteiger partial charge in [-0.05, 0) is 19.5 Å². The summed E-state index contributed by atoms with van der Waals surface area (Å²) < 4.78 is 36.7. The van der Waals surface area contributed by atoms with E-state index < -0.39 is 10.0 Å². The van der Waals surface area contributed by atoms with E-state index in [1.165, 1.54) is 11.3 Å². The number of thiophene rings is 1. The van der Waals surface area contributed by atoms with Crippen molar-refractivity contribution in [2.75, 3.05) is 40.5 Å². The first kappa shape index (κ1) is 17.5. The number of nitrogens with one attached hydrogen (secondary N) is 2. The summed E-state index contributed by atoms with van der Waals surface area (Å²) in [7, 11) is 0.0381. The molecule has 6 nitrogen and oxygen atoms in total. The van der Waals surface area contributed by atoms with Gasteiger partial charge in [0.15, 0.2) is 0 Å². The Morgan fingerprint density at radius 3 is 2.80 bits per heavy atom. The molecule has 0 bridgehead atoms. The van der Waals surface area contributed by atoms with Crippen molar-refractivity contribution in [3.8, 4) is 0 Å². The zero-order valence-corrected chi connectivity index (χ0v) is 13.5. The summed E-state index contributed by atoms with van der Waals surface area (Å²) >= 11 is 1.43. The standard InChI is InChI=1S/C12H22N2O4S2/c1-13-9-11-8-12(10-19-11)20(15,16)14-4-3-5-18-7-6-17-2/h8,10,13-14H,3-7,9H2,1-2H3. The predicted octanol–water partition coefficient (Wildman–Crippen LogP) is 0.799. The van der Waals surface area contributed by atoms with Gasteiger partial charge in [0, 0.05) is 37.1 Å². The Labute approximate surface area is 124 Å². The van der Waals surface area contributed by atoms with Crippen LogP contribution in [0.4, 0.5) is 0 Å². The summed E-state index contributed by atoms with van der Waals surface area (Å²) in [6.45, 7) is 2.64. The van der Waals surface area contributed by atoms with E-state index in [2.05, 4.69) is 10.0 Å². The molecule has 1 rings (SSSR count). The van der Waals surface area contributed by atoms with Crippen molar-refractivity contribution >= 4 is 21.4 Å². The smallest absolute Gasteiger partial charge is 0.241 e. The highest BCUT2D eigenvalue weighted by Crippen LogP contribution is 2.18. The van der Waals surface area contributed by atoms with Crippen LogP contribution in [0.2, 0.25) is 0 Å². The molecule has 0 spiro atoms.